The highest BCUT2D eigenvalue weighted by Crippen LogP contribution is 2.34. The van der Waals surface area contributed by atoms with Crippen LogP contribution in [0.5, 0.6) is 0 Å². The van der Waals surface area contributed by atoms with E-state index in [9.17, 15) is 18.0 Å². The first-order valence-electron chi connectivity index (χ1n) is 10.0. The van der Waals surface area contributed by atoms with Gasteiger partial charge in [-0.3, -0.25) is 9.89 Å². The Labute approximate surface area is 171 Å². The van der Waals surface area contributed by atoms with Gasteiger partial charge >= 0.3 is 6.18 Å². The Morgan fingerprint density at radius 3 is 2.63 bits per heavy atom. The van der Waals surface area contributed by atoms with Gasteiger partial charge in [-0.25, -0.2) is 9.50 Å². The fourth-order valence-electron chi connectivity index (χ4n) is 3.93. The zero-order valence-electron chi connectivity index (χ0n) is 16.8. The zero-order chi connectivity index (χ0) is 21.5. The minimum Gasteiger partial charge on any atom is -0.337 e. The molecule has 0 unspecified atom stereocenters. The van der Waals surface area contributed by atoms with Gasteiger partial charge in [0, 0.05) is 36.5 Å². The van der Waals surface area contributed by atoms with Crippen molar-refractivity contribution >= 4 is 11.6 Å². The fraction of sp³-hybridized carbons (Fsp3) is 0.500. The quantitative estimate of drug-likeness (QED) is 0.697. The normalized spacial score (nSPS) is 15.8. The first-order chi connectivity index (χ1) is 14.3. The summed E-state index contributed by atoms with van der Waals surface area (Å²) in [4.78, 5) is 18.8. The maximum Gasteiger partial charge on any atom is 0.433 e. The van der Waals surface area contributed by atoms with Gasteiger partial charge in [-0.05, 0) is 38.3 Å². The number of alkyl halides is 3. The summed E-state index contributed by atoms with van der Waals surface area (Å²) in [6.07, 6.45) is -1.65. The van der Waals surface area contributed by atoms with Crippen molar-refractivity contribution < 1.29 is 18.0 Å². The molecule has 7 nitrogen and oxygen atoms in total. The number of hydrogen-bond donors (Lipinski definition) is 1. The molecule has 0 radical (unpaired) electrons. The van der Waals surface area contributed by atoms with Crippen molar-refractivity contribution in [1.29, 1.82) is 0 Å². The van der Waals surface area contributed by atoms with Crippen molar-refractivity contribution in [3.63, 3.8) is 0 Å². The highest BCUT2D eigenvalue weighted by molar-refractivity contribution is 5.92. The molecule has 30 heavy (non-hydrogen) atoms. The Morgan fingerprint density at radius 1 is 1.23 bits per heavy atom. The minimum atomic E-state index is -4.53. The molecule has 1 N–H and O–H groups in total. The summed E-state index contributed by atoms with van der Waals surface area (Å²) in [6.45, 7) is 4.59. The molecule has 3 aromatic rings. The summed E-state index contributed by atoms with van der Waals surface area (Å²) in [5, 5.41) is 10.9. The van der Waals surface area contributed by atoms with E-state index in [1.165, 1.54) is 0 Å². The van der Waals surface area contributed by atoms with Crippen LogP contribution in [0.1, 0.15) is 65.4 Å². The molecule has 10 heteroatoms. The van der Waals surface area contributed by atoms with Crippen molar-refractivity contribution in [2.45, 2.75) is 51.6 Å². The summed E-state index contributed by atoms with van der Waals surface area (Å²) < 4.78 is 41.5. The van der Waals surface area contributed by atoms with E-state index >= 15 is 0 Å². The minimum absolute atomic E-state index is 0.148. The molecule has 1 aliphatic rings. The van der Waals surface area contributed by atoms with Crippen LogP contribution in [0.3, 0.4) is 0 Å². The Bertz CT molecular complexity index is 1060. The van der Waals surface area contributed by atoms with Crippen molar-refractivity contribution in [2.75, 3.05) is 13.1 Å². The molecule has 3 aromatic heterocycles. The molecule has 0 saturated carbocycles. The highest BCUT2D eigenvalue weighted by atomic mass is 19.4. The van der Waals surface area contributed by atoms with Gasteiger partial charge in [0.05, 0.1) is 5.69 Å². The van der Waals surface area contributed by atoms with Crippen molar-refractivity contribution in [1.82, 2.24) is 29.7 Å². The number of amides is 1. The average molecular weight is 420 g/mol. The molecular weight excluding hydrogens is 397 g/mol. The van der Waals surface area contributed by atoms with Crippen LogP contribution in [0, 0.1) is 6.92 Å². The smallest absolute Gasteiger partial charge is 0.337 e. The van der Waals surface area contributed by atoms with E-state index in [1.54, 1.807) is 24.0 Å². The lowest BCUT2D eigenvalue weighted by molar-refractivity contribution is -0.142. The summed E-state index contributed by atoms with van der Waals surface area (Å²) in [5.41, 5.74) is 1.54. The summed E-state index contributed by atoms with van der Waals surface area (Å²) in [7, 11) is 0. The monoisotopic (exact) mass is 420 g/mol. The summed E-state index contributed by atoms with van der Waals surface area (Å²) >= 11 is 0. The predicted octanol–water partition coefficient (Wildman–Crippen LogP) is 3.75. The van der Waals surface area contributed by atoms with Crippen LogP contribution in [-0.2, 0) is 12.6 Å². The highest BCUT2D eigenvalue weighted by Gasteiger charge is 2.36. The third kappa shape index (κ3) is 3.90. The van der Waals surface area contributed by atoms with Crippen LogP contribution in [0.25, 0.3) is 5.65 Å². The fourth-order valence-corrected chi connectivity index (χ4v) is 3.93. The Morgan fingerprint density at radius 2 is 1.97 bits per heavy atom. The number of nitrogens with zero attached hydrogens (tertiary/aromatic N) is 5. The molecule has 4 heterocycles. The molecule has 1 aliphatic heterocycles. The maximum atomic E-state index is 13.5. The second-order valence-electron chi connectivity index (χ2n) is 7.71. The van der Waals surface area contributed by atoms with Gasteiger partial charge < -0.3 is 4.90 Å². The third-order valence-electron chi connectivity index (χ3n) is 5.43. The summed E-state index contributed by atoms with van der Waals surface area (Å²) in [6, 6.07) is 4.40. The van der Waals surface area contributed by atoms with E-state index < -0.39 is 11.9 Å². The number of aromatic amines is 1. The number of nitrogens with one attached hydrogen (secondary N) is 1. The molecule has 4 rings (SSSR count). The van der Waals surface area contributed by atoms with E-state index in [4.69, 9.17) is 0 Å². The van der Waals surface area contributed by atoms with Crippen molar-refractivity contribution in [2.24, 2.45) is 0 Å². The number of carbonyl (C=O) groups excluding carboxylic acids is 1. The SMILES string of the molecule is CCCc1cc(C(=O)N2CCC(c3cc(C(F)(F)F)n4nc(C)cc4n3)CC2)n[nH]1. The van der Waals surface area contributed by atoms with E-state index in [2.05, 4.69) is 20.3 Å². The Hall–Kier alpha value is -2.91. The van der Waals surface area contributed by atoms with Gasteiger partial charge in [0.15, 0.2) is 5.65 Å². The molecule has 1 saturated heterocycles. The standard InChI is InChI=1S/C20H23F3N6O/c1-3-4-14-10-16(26-25-14)19(30)28-7-5-13(6-8-28)15-11-17(20(21,22)23)29-18(24-15)9-12(2)27-29/h9-11,13H,3-8H2,1-2H3,(H,25,26). The van der Waals surface area contributed by atoms with Gasteiger partial charge in [0.2, 0.25) is 0 Å². The number of carbonyl (C=O) groups is 1. The molecule has 0 aromatic carbocycles. The zero-order valence-corrected chi connectivity index (χ0v) is 16.8. The van der Waals surface area contributed by atoms with Gasteiger partial charge in [0.25, 0.3) is 5.91 Å². The number of aromatic nitrogens is 5. The molecule has 0 bridgehead atoms. The van der Waals surface area contributed by atoms with Crippen LogP contribution >= 0.6 is 0 Å². The van der Waals surface area contributed by atoms with Gasteiger partial charge in [-0.1, -0.05) is 13.3 Å². The number of hydrogen-bond acceptors (Lipinski definition) is 4. The average Bonchev–Trinajstić information content (AvgIpc) is 3.32. The van der Waals surface area contributed by atoms with Crippen molar-refractivity contribution in [3.8, 4) is 0 Å². The predicted molar refractivity (Wildman–Crippen MR) is 103 cm³/mol. The topological polar surface area (TPSA) is 79.2 Å². The second kappa shape index (κ2) is 7.73. The van der Waals surface area contributed by atoms with Gasteiger partial charge in [-0.15, -0.1) is 0 Å². The van der Waals surface area contributed by atoms with E-state index in [-0.39, 0.29) is 17.5 Å². The van der Waals surface area contributed by atoms with Crippen LogP contribution in [0.2, 0.25) is 0 Å². The molecule has 0 atom stereocenters. The first kappa shape index (κ1) is 20.4. The van der Waals surface area contributed by atoms with E-state index in [0.29, 0.717) is 43.0 Å². The number of aryl methyl sites for hydroxylation is 2. The van der Waals surface area contributed by atoms with Crippen LogP contribution < -0.4 is 0 Å². The van der Waals surface area contributed by atoms with Gasteiger partial charge in [0.1, 0.15) is 11.4 Å². The molecule has 0 spiro atoms. The number of piperidine rings is 1. The van der Waals surface area contributed by atoms with Crippen LogP contribution in [0.4, 0.5) is 13.2 Å². The lowest BCUT2D eigenvalue weighted by Gasteiger charge is -2.31. The number of fused-ring (bicyclic) bond motifs is 1. The number of likely N-dealkylation sites (tertiary alicyclic amines) is 1. The van der Waals surface area contributed by atoms with Crippen molar-refractivity contribution in [3.05, 3.63) is 46.7 Å². The second-order valence-corrected chi connectivity index (χ2v) is 7.71. The lowest BCUT2D eigenvalue weighted by Crippen LogP contribution is -2.38. The molecular formula is C20H23F3N6O. The number of halogens is 3. The largest absolute Gasteiger partial charge is 0.433 e. The van der Waals surface area contributed by atoms with E-state index in [1.807, 2.05) is 6.92 Å². The van der Waals surface area contributed by atoms with E-state index in [0.717, 1.165) is 29.1 Å². The molecule has 1 amide bonds. The molecule has 160 valence electrons. The number of H-pyrrole nitrogens is 1. The molecule has 0 aliphatic carbocycles. The Kier molecular flexibility index (Phi) is 5.25. The van der Waals surface area contributed by atoms with Gasteiger partial charge in [-0.2, -0.15) is 23.4 Å². The lowest BCUT2D eigenvalue weighted by atomic mass is 9.92. The first-order valence-corrected chi connectivity index (χ1v) is 10.0. The van der Waals surface area contributed by atoms with Crippen LogP contribution in [0.15, 0.2) is 18.2 Å². The van der Waals surface area contributed by atoms with Crippen LogP contribution in [-0.4, -0.2) is 48.7 Å². The number of rotatable bonds is 4. The summed E-state index contributed by atoms with van der Waals surface area (Å²) in [5.74, 6) is -0.303. The third-order valence-corrected chi connectivity index (χ3v) is 5.43. The Balaban J connectivity index is 1.51. The molecule has 1 fully saturated rings. The maximum absolute atomic E-state index is 13.5.